The van der Waals surface area contributed by atoms with Crippen LogP contribution >= 0.6 is 0 Å². The molecule has 1 rings (SSSR count). The summed E-state index contributed by atoms with van der Waals surface area (Å²) in [5.74, 6) is 0.275. The lowest BCUT2D eigenvalue weighted by Gasteiger charge is -2.22. The minimum absolute atomic E-state index is 0.00274. The van der Waals surface area contributed by atoms with Crippen molar-refractivity contribution in [1.82, 2.24) is 4.31 Å². The summed E-state index contributed by atoms with van der Waals surface area (Å²) in [4.78, 5) is 12.6. The molecule has 0 aliphatic heterocycles. The van der Waals surface area contributed by atoms with Crippen molar-refractivity contribution in [3.63, 3.8) is 0 Å². The van der Waals surface area contributed by atoms with Crippen LogP contribution in [0.5, 0.6) is 5.75 Å². The maximum atomic E-state index is 12.6. The Hall–Kier alpha value is -1.60. The summed E-state index contributed by atoms with van der Waals surface area (Å²) in [5, 5.41) is 0. The van der Waals surface area contributed by atoms with Gasteiger partial charge in [0.25, 0.3) is 0 Å². The molecule has 0 fully saturated rings. The van der Waals surface area contributed by atoms with Crippen LogP contribution in [0.25, 0.3) is 0 Å². The Morgan fingerprint density at radius 1 is 0.879 bits per heavy atom. The van der Waals surface area contributed by atoms with Crippen LogP contribution in [-0.2, 0) is 21.4 Å². The third-order valence-corrected chi connectivity index (χ3v) is 6.95. The van der Waals surface area contributed by atoms with Crippen LogP contribution in [0.15, 0.2) is 24.3 Å². The highest BCUT2D eigenvalue weighted by molar-refractivity contribution is 7.88. The molecule has 0 aliphatic rings. The molecule has 0 saturated heterocycles. The summed E-state index contributed by atoms with van der Waals surface area (Å²) in [5.41, 5.74) is 6.20. The number of carbonyl (C=O) groups excluding carboxylic acids is 1. The second kappa shape index (κ2) is 17.8. The molecule has 0 bridgehead atoms. The number of hydrogen-bond donors (Lipinski definition) is 1. The Kier molecular flexibility index (Phi) is 15.9. The van der Waals surface area contributed by atoms with Crippen molar-refractivity contribution in [2.75, 3.05) is 19.4 Å². The number of amides is 1. The molecule has 6 nitrogen and oxygen atoms in total. The largest absolute Gasteiger partial charge is 0.493 e. The molecule has 1 aromatic rings. The Bertz CT molecular complexity index is 752. The van der Waals surface area contributed by atoms with Gasteiger partial charge in [-0.3, -0.25) is 4.79 Å². The first kappa shape index (κ1) is 29.4. The number of para-hydroxylation sites is 1. The third kappa shape index (κ3) is 13.6. The highest BCUT2D eigenvalue weighted by atomic mass is 32.2. The van der Waals surface area contributed by atoms with E-state index in [-0.39, 0.29) is 18.9 Å². The van der Waals surface area contributed by atoms with Gasteiger partial charge >= 0.3 is 0 Å². The van der Waals surface area contributed by atoms with Crippen molar-refractivity contribution >= 4 is 15.9 Å². The number of nitrogens with zero attached hydrogens (tertiary/aromatic N) is 1. The van der Waals surface area contributed by atoms with Crippen LogP contribution in [0.3, 0.4) is 0 Å². The van der Waals surface area contributed by atoms with Crippen molar-refractivity contribution < 1.29 is 17.9 Å². The number of unbranched alkanes of at least 4 members (excludes halogenated alkanes) is 11. The van der Waals surface area contributed by atoms with E-state index in [4.69, 9.17) is 10.5 Å². The van der Waals surface area contributed by atoms with E-state index in [1.54, 1.807) is 0 Å². The molecular weight excluding hydrogens is 436 g/mol. The smallest absolute Gasteiger partial charge is 0.236 e. The Morgan fingerprint density at radius 2 is 1.45 bits per heavy atom. The van der Waals surface area contributed by atoms with Gasteiger partial charge in [0.05, 0.1) is 19.4 Å². The third-order valence-electron chi connectivity index (χ3n) is 5.82. The van der Waals surface area contributed by atoms with Crippen LogP contribution in [-0.4, -0.2) is 38.0 Å². The zero-order valence-corrected chi connectivity index (χ0v) is 21.7. The number of sulfonamides is 1. The van der Waals surface area contributed by atoms with Gasteiger partial charge in [0.2, 0.25) is 15.9 Å². The van der Waals surface area contributed by atoms with E-state index in [9.17, 15) is 13.2 Å². The normalized spacial score (nSPS) is 11.5. The standard InChI is InChI=1S/C26H46N2O4S/c1-3-4-5-6-7-8-9-10-11-17-22-32-25-19-15-14-18-24(25)23-28(33(2,30)31)26(29)20-13-12-16-21-27/h14-15,18-19H,3-13,16-17,20-23,27H2,1-2H3. The van der Waals surface area contributed by atoms with Crippen molar-refractivity contribution in [2.24, 2.45) is 5.73 Å². The predicted octanol–water partition coefficient (Wildman–Crippen LogP) is 5.79. The van der Waals surface area contributed by atoms with E-state index in [1.165, 1.54) is 51.4 Å². The highest BCUT2D eigenvalue weighted by Gasteiger charge is 2.24. The fourth-order valence-electron chi connectivity index (χ4n) is 3.81. The lowest BCUT2D eigenvalue weighted by Crippen LogP contribution is -2.35. The van der Waals surface area contributed by atoms with Crippen LogP contribution in [0.1, 0.15) is 102 Å². The molecule has 0 aliphatic carbocycles. The minimum atomic E-state index is -3.66. The molecule has 0 spiro atoms. The zero-order chi connectivity index (χ0) is 24.4. The summed E-state index contributed by atoms with van der Waals surface area (Å²) in [6.45, 7) is 3.42. The van der Waals surface area contributed by atoms with Gasteiger partial charge < -0.3 is 10.5 Å². The average Bonchev–Trinajstić information content (AvgIpc) is 2.78. The van der Waals surface area contributed by atoms with Crippen molar-refractivity contribution in [2.45, 2.75) is 103 Å². The first-order valence-corrected chi connectivity index (χ1v) is 14.7. The Labute approximate surface area is 202 Å². The van der Waals surface area contributed by atoms with E-state index in [0.29, 0.717) is 30.9 Å². The van der Waals surface area contributed by atoms with Gasteiger partial charge in [0, 0.05) is 12.0 Å². The highest BCUT2D eigenvalue weighted by Crippen LogP contribution is 2.22. The Morgan fingerprint density at radius 3 is 2.06 bits per heavy atom. The van der Waals surface area contributed by atoms with Crippen molar-refractivity contribution in [3.05, 3.63) is 29.8 Å². The maximum Gasteiger partial charge on any atom is 0.236 e. The molecule has 0 atom stereocenters. The predicted molar refractivity (Wildman–Crippen MR) is 137 cm³/mol. The molecule has 1 aromatic carbocycles. The molecule has 1 amide bonds. The van der Waals surface area contributed by atoms with Crippen LogP contribution in [0.4, 0.5) is 0 Å². The van der Waals surface area contributed by atoms with E-state index < -0.39 is 10.0 Å². The van der Waals surface area contributed by atoms with Gasteiger partial charge in [-0.1, -0.05) is 89.3 Å². The molecule has 0 radical (unpaired) electrons. The van der Waals surface area contributed by atoms with Crippen LogP contribution in [0.2, 0.25) is 0 Å². The van der Waals surface area contributed by atoms with Gasteiger partial charge in [-0.05, 0) is 31.9 Å². The summed E-state index contributed by atoms with van der Waals surface area (Å²) < 4.78 is 31.5. The van der Waals surface area contributed by atoms with Gasteiger partial charge in [0.15, 0.2) is 0 Å². The van der Waals surface area contributed by atoms with Crippen LogP contribution < -0.4 is 10.5 Å². The molecule has 0 heterocycles. The number of hydrogen-bond acceptors (Lipinski definition) is 5. The van der Waals surface area contributed by atoms with Gasteiger partial charge in [-0.2, -0.15) is 0 Å². The molecule has 0 saturated carbocycles. The van der Waals surface area contributed by atoms with Gasteiger partial charge in [-0.25, -0.2) is 12.7 Å². The lowest BCUT2D eigenvalue weighted by molar-refractivity contribution is -0.127. The summed E-state index contributed by atoms with van der Waals surface area (Å²) in [6, 6.07) is 7.39. The van der Waals surface area contributed by atoms with Crippen molar-refractivity contribution in [3.8, 4) is 5.75 Å². The maximum absolute atomic E-state index is 12.6. The van der Waals surface area contributed by atoms with E-state index >= 15 is 0 Å². The summed E-state index contributed by atoms with van der Waals surface area (Å²) in [6.07, 6.45) is 16.2. The molecule has 0 unspecified atom stereocenters. The molecule has 33 heavy (non-hydrogen) atoms. The molecule has 2 N–H and O–H groups in total. The van der Waals surface area contributed by atoms with E-state index in [2.05, 4.69) is 6.92 Å². The fraction of sp³-hybridized carbons (Fsp3) is 0.731. The van der Waals surface area contributed by atoms with E-state index in [0.717, 1.165) is 36.2 Å². The second-order valence-electron chi connectivity index (χ2n) is 8.90. The van der Waals surface area contributed by atoms with Crippen molar-refractivity contribution in [1.29, 1.82) is 0 Å². The summed E-state index contributed by atoms with van der Waals surface area (Å²) in [7, 11) is -3.66. The molecule has 7 heteroatoms. The van der Waals surface area contributed by atoms with Crippen LogP contribution in [0, 0.1) is 0 Å². The summed E-state index contributed by atoms with van der Waals surface area (Å²) >= 11 is 0. The quantitative estimate of drug-likeness (QED) is 0.237. The number of rotatable bonds is 20. The van der Waals surface area contributed by atoms with Gasteiger partial charge in [-0.15, -0.1) is 0 Å². The SMILES string of the molecule is CCCCCCCCCCCCOc1ccccc1CN(C(=O)CCCCCN)S(C)(=O)=O. The fourth-order valence-corrected chi connectivity index (χ4v) is 4.65. The first-order valence-electron chi connectivity index (χ1n) is 12.8. The number of carbonyl (C=O) groups is 1. The monoisotopic (exact) mass is 482 g/mol. The van der Waals surface area contributed by atoms with E-state index in [1.807, 2.05) is 24.3 Å². The number of nitrogens with two attached hydrogens (primary N) is 1. The minimum Gasteiger partial charge on any atom is -0.493 e. The molecule has 190 valence electrons. The zero-order valence-electron chi connectivity index (χ0n) is 20.9. The van der Waals surface area contributed by atoms with Gasteiger partial charge in [0.1, 0.15) is 5.75 Å². The second-order valence-corrected chi connectivity index (χ2v) is 10.8. The Balaban J connectivity index is 2.46. The topological polar surface area (TPSA) is 89.7 Å². The number of benzene rings is 1. The number of ether oxygens (including phenoxy) is 1. The average molecular weight is 483 g/mol. The molecule has 0 aromatic heterocycles. The first-order chi connectivity index (χ1) is 15.9. The lowest BCUT2D eigenvalue weighted by atomic mass is 10.1. The molecular formula is C26H46N2O4S.